The number of carbonyl (C=O) groups excluding carboxylic acids is 3. The normalized spacial score (nSPS) is 18.1. The van der Waals surface area contributed by atoms with Crippen LogP contribution in [0.5, 0.6) is 0 Å². The van der Waals surface area contributed by atoms with Crippen LogP contribution in [0.4, 0.5) is 0 Å². The lowest BCUT2D eigenvalue weighted by Crippen LogP contribution is -2.55. The molecule has 3 rings (SSSR count). The molecule has 2 aliphatic heterocycles. The van der Waals surface area contributed by atoms with E-state index >= 15 is 0 Å². The average molecular weight is 407 g/mol. The van der Waals surface area contributed by atoms with Crippen LogP contribution in [0, 0.1) is 0 Å². The summed E-state index contributed by atoms with van der Waals surface area (Å²) in [5.74, 6) is 0.0658. The summed E-state index contributed by atoms with van der Waals surface area (Å²) in [4.78, 5) is 46.3. The summed E-state index contributed by atoms with van der Waals surface area (Å²) in [5.41, 5.74) is -0.201. The van der Waals surface area contributed by atoms with E-state index in [-0.39, 0.29) is 17.7 Å². The van der Waals surface area contributed by atoms with Crippen molar-refractivity contribution >= 4 is 17.7 Å². The van der Waals surface area contributed by atoms with Crippen molar-refractivity contribution in [2.45, 2.75) is 39.0 Å². The second kappa shape index (κ2) is 8.89. The number of morpholine rings is 1. The zero-order valence-corrected chi connectivity index (χ0v) is 17.3. The van der Waals surface area contributed by atoms with Crippen molar-refractivity contribution in [2.24, 2.45) is 0 Å². The third-order valence-electron chi connectivity index (χ3n) is 5.09. The van der Waals surface area contributed by atoms with Crippen molar-refractivity contribution in [3.8, 4) is 0 Å². The van der Waals surface area contributed by atoms with Gasteiger partial charge in [0.1, 0.15) is 0 Å². The molecular weight excluding hydrogens is 378 g/mol. The van der Waals surface area contributed by atoms with Gasteiger partial charge in [-0.15, -0.1) is 0 Å². The van der Waals surface area contributed by atoms with E-state index in [1.165, 1.54) is 9.80 Å². The molecule has 3 heterocycles. The predicted octanol–water partition coefficient (Wildman–Crippen LogP) is -0.171. The Morgan fingerprint density at radius 2 is 1.45 bits per heavy atom. The summed E-state index contributed by atoms with van der Waals surface area (Å²) in [7, 11) is 0. The monoisotopic (exact) mass is 407 g/mol. The summed E-state index contributed by atoms with van der Waals surface area (Å²) in [6, 6.07) is 0. The number of hydrogen-bond donors (Lipinski definition) is 0. The number of amides is 3. The Balaban J connectivity index is 1.43. The molecule has 0 N–H and O–H groups in total. The van der Waals surface area contributed by atoms with E-state index in [9.17, 15) is 14.4 Å². The van der Waals surface area contributed by atoms with Gasteiger partial charge in [0.25, 0.3) is 0 Å². The molecule has 0 aliphatic carbocycles. The van der Waals surface area contributed by atoms with Crippen LogP contribution in [0.25, 0.3) is 0 Å². The SMILES string of the molecule is CC(C)(C)c1noc(CCC(=O)N2CCN(C(=O)C(=O)N3CCOCC3)CC2)n1. The van der Waals surface area contributed by atoms with E-state index in [1.807, 2.05) is 20.8 Å². The lowest BCUT2D eigenvalue weighted by atomic mass is 9.96. The van der Waals surface area contributed by atoms with Crippen LogP contribution in [0.2, 0.25) is 0 Å². The predicted molar refractivity (Wildman–Crippen MR) is 102 cm³/mol. The largest absolute Gasteiger partial charge is 0.378 e. The number of ether oxygens (including phenoxy) is 1. The highest BCUT2D eigenvalue weighted by Crippen LogP contribution is 2.19. The van der Waals surface area contributed by atoms with Crippen LogP contribution >= 0.6 is 0 Å². The first-order valence-corrected chi connectivity index (χ1v) is 10.0. The molecule has 1 aromatic rings. The van der Waals surface area contributed by atoms with Crippen molar-refractivity contribution in [2.75, 3.05) is 52.5 Å². The average Bonchev–Trinajstić information content (AvgIpc) is 3.21. The van der Waals surface area contributed by atoms with Crippen molar-refractivity contribution < 1.29 is 23.6 Å². The third kappa shape index (κ3) is 5.31. The van der Waals surface area contributed by atoms with Crippen LogP contribution in [-0.2, 0) is 31.0 Å². The van der Waals surface area contributed by atoms with E-state index < -0.39 is 11.8 Å². The Morgan fingerprint density at radius 1 is 0.897 bits per heavy atom. The molecule has 0 spiro atoms. The summed E-state index contributed by atoms with van der Waals surface area (Å²) in [6.07, 6.45) is 0.656. The molecule has 0 bridgehead atoms. The van der Waals surface area contributed by atoms with Crippen molar-refractivity contribution in [1.82, 2.24) is 24.8 Å². The van der Waals surface area contributed by atoms with E-state index in [0.29, 0.717) is 70.6 Å². The maximum atomic E-state index is 12.5. The first kappa shape index (κ1) is 21.2. The molecule has 0 radical (unpaired) electrons. The highest BCUT2D eigenvalue weighted by atomic mass is 16.5. The summed E-state index contributed by atoms with van der Waals surface area (Å²) in [6.45, 7) is 9.33. The lowest BCUT2D eigenvalue weighted by Gasteiger charge is -2.35. The Morgan fingerprint density at radius 3 is 2.00 bits per heavy atom. The highest BCUT2D eigenvalue weighted by Gasteiger charge is 2.31. The number of nitrogens with zero attached hydrogens (tertiary/aromatic N) is 5. The number of rotatable bonds is 3. The third-order valence-corrected chi connectivity index (χ3v) is 5.09. The molecule has 0 unspecified atom stereocenters. The fourth-order valence-electron chi connectivity index (χ4n) is 3.23. The molecule has 29 heavy (non-hydrogen) atoms. The fraction of sp³-hybridized carbons (Fsp3) is 0.737. The van der Waals surface area contributed by atoms with Crippen molar-refractivity contribution in [3.05, 3.63) is 11.7 Å². The van der Waals surface area contributed by atoms with Crippen LogP contribution in [0.3, 0.4) is 0 Å². The Kier molecular flexibility index (Phi) is 6.51. The molecule has 0 aromatic carbocycles. The molecule has 10 heteroatoms. The minimum Gasteiger partial charge on any atom is -0.378 e. The second-order valence-corrected chi connectivity index (χ2v) is 8.34. The topological polar surface area (TPSA) is 109 Å². The second-order valence-electron chi connectivity index (χ2n) is 8.34. The Bertz CT molecular complexity index is 742. The molecule has 2 aliphatic rings. The van der Waals surface area contributed by atoms with Crippen LogP contribution in [0.15, 0.2) is 4.52 Å². The van der Waals surface area contributed by atoms with Crippen LogP contribution in [0.1, 0.15) is 38.9 Å². The van der Waals surface area contributed by atoms with Gasteiger partial charge in [0.2, 0.25) is 11.8 Å². The number of piperazine rings is 1. The summed E-state index contributed by atoms with van der Waals surface area (Å²) in [5, 5.41) is 3.96. The Hall–Kier alpha value is -2.49. The summed E-state index contributed by atoms with van der Waals surface area (Å²) >= 11 is 0. The molecule has 1 aromatic heterocycles. The van der Waals surface area contributed by atoms with Gasteiger partial charge in [0, 0.05) is 57.5 Å². The van der Waals surface area contributed by atoms with Gasteiger partial charge in [-0.3, -0.25) is 14.4 Å². The summed E-state index contributed by atoms with van der Waals surface area (Å²) < 4.78 is 10.4. The van der Waals surface area contributed by atoms with Gasteiger partial charge >= 0.3 is 11.8 Å². The first-order valence-electron chi connectivity index (χ1n) is 10.0. The molecule has 2 fully saturated rings. The fourth-order valence-corrected chi connectivity index (χ4v) is 3.23. The Labute approximate surface area is 170 Å². The molecule has 2 saturated heterocycles. The van der Waals surface area contributed by atoms with Crippen molar-refractivity contribution in [1.29, 1.82) is 0 Å². The van der Waals surface area contributed by atoms with E-state index in [4.69, 9.17) is 9.26 Å². The zero-order chi connectivity index (χ0) is 21.0. The van der Waals surface area contributed by atoms with Crippen molar-refractivity contribution in [3.63, 3.8) is 0 Å². The van der Waals surface area contributed by atoms with Crippen LogP contribution in [-0.4, -0.2) is 95.0 Å². The number of aryl methyl sites for hydroxylation is 1. The maximum Gasteiger partial charge on any atom is 0.312 e. The van der Waals surface area contributed by atoms with Gasteiger partial charge in [-0.05, 0) is 0 Å². The van der Waals surface area contributed by atoms with Gasteiger partial charge in [-0.25, -0.2) is 0 Å². The highest BCUT2D eigenvalue weighted by molar-refractivity contribution is 6.34. The van der Waals surface area contributed by atoms with Gasteiger partial charge in [-0.1, -0.05) is 25.9 Å². The van der Waals surface area contributed by atoms with Gasteiger partial charge < -0.3 is 24.0 Å². The molecule has 3 amide bonds. The molecule has 10 nitrogen and oxygen atoms in total. The standard InChI is InChI=1S/C19H29N5O5/c1-19(2,3)18-20-14(29-21-18)4-5-15(25)22-6-8-23(9-7-22)16(26)17(27)24-10-12-28-13-11-24/h4-13H2,1-3H3. The minimum absolute atomic E-state index is 0.0212. The quantitative estimate of drug-likeness (QED) is 0.640. The molecule has 0 saturated carbocycles. The number of aromatic nitrogens is 2. The smallest absolute Gasteiger partial charge is 0.312 e. The minimum atomic E-state index is -0.500. The zero-order valence-electron chi connectivity index (χ0n) is 17.3. The first-order chi connectivity index (χ1) is 13.8. The molecule has 0 atom stereocenters. The maximum absolute atomic E-state index is 12.5. The van der Waals surface area contributed by atoms with Gasteiger partial charge in [0.15, 0.2) is 5.82 Å². The van der Waals surface area contributed by atoms with E-state index in [2.05, 4.69) is 10.1 Å². The van der Waals surface area contributed by atoms with Crippen LogP contribution < -0.4 is 0 Å². The van der Waals surface area contributed by atoms with E-state index in [1.54, 1.807) is 4.90 Å². The van der Waals surface area contributed by atoms with Gasteiger partial charge in [-0.2, -0.15) is 4.98 Å². The van der Waals surface area contributed by atoms with E-state index in [0.717, 1.165) is 0 Å². The molecule has 160 valence electrons. The number of carbonyl (C=O) groups is 3. The number of hydrogen-bond acceptors (Lipinski definition) is 7. The lowest BCUT2D eigenvalue weighted by molar-refractivity contribution is -0.155. The van der Waals surface area contributed by atoms with Gasteiger partial charge in [0.05, 0.1) is 13.2 Å². The molecular formula is C19H29N5O5.